The minimum atomic E-state index is -4.33. The van der Waals surface area contributed by atoms with E-state index in [1.54, 1.807) is 56.5 Å². The molecule has 1 unspecified atom stereocenters. The van der Waals surface area contributed by atoms with Crippen LogP contribution in [0.3, 0.4) is 0 Å². The molecular weight excluding hydrogens is 533 g/mol. The maximum atomic E-state index is 15.0. The lowest BCUT2D eigenvalue weighted by atomic mass is 10.1. The lowest BCUT2D eigenvalue weighted by molar-refractivity contribution is -0.140. The lowest BCUT2D eigenvalue weighted by Crippen LogP contribution is -2.52. The number of methoxy groups -OCH3 is 1. The number of hydrogen-bond donors (Lipinski definition) is 1. The third-order valence-corrected chi connectivity index (χ3v) is 8.23. The predicted octanol–water partition coefficient (Wildman–Crippen LogP) is 4.75. The van der Waals surface area contributed by atoms with Crippen molar-refractivity contribution in [2.45, 2.75) is 50.6 Å². The van der Waals surface area contributed by atoms with Crippen molar-refractivity contribution in [1.82, 2.24) is 10.2 Å². The summed E-state index contributed by atoms with van der Waals surface area (Å²) in [5, 5.41) is 2.88. The molecule has 1 atom stereocenters. The summed E-state index contributed by atoms with van der Waals surface area (Å²) >= 11 is 0. The number of carbonyl (C=O) groups is 2. The number of hydrogen-bond acceptors (Lipinski definition) is 5. The monoisotopic (exact) mass is 569 g/mol. The summed E-state index contributed by atoms with van der Waals surface area (Å²) in [6.07, 6.45) is 1.97. The van der Waals surface area contributed by atoms with Gasteiger partial charge in [0.05, 0.1) is 17.7 Å². The van der Waals surface area contributed by atoms with Crippen molar-refractivity contribution in [2.24, 2.45) is 0 Å². The van der Waals surface area contributed by atoms with Crippen molar-refractivity contribution in [3.05, 3.63) is 90.2 Å². The van der Waals surface area contributed by atoms with Gasteiger partial charge in [-0.3, -0.25) is 13.9 Å². The Labute approximate surface area is 235 Å². The first-order valence-corrected chi connectivity index (χ1v) is 14.7. The summed E-state index contributed by atoms with van der Waals surface area (Å²) in [6, 6.07) is 19.1. The van der Waals surface area contributed by atoms with E-state index in [-0.39, 0.29) is 23.0 Å². The molecule has 1 N–H and O–H groups in total. The van der Waals surface area contributed by atoms with Crippen LogP contribution in [0.5, 0.6) is 5.75 Å². The number of para-hydroxylation sites is 1. The molecule has 10 heteroatoms. The first-order valence-electron chi connectivity index (χ1n) is 13.2. The van der Waals surface area contributed by atoms with Gasteiger partial charge < -0.3 is 15.0 Å². The standard InChI is InChI=1S/C30H36FN3O5S/c1-4-6-20-32-30(36)27(5-2)33(21-23-16-18-24(39-3)19-17-23)29(35)22-34(28-15-11-10-14-26(28)31)40(37,38)25-12-8-7-9-13-25/h7-19,27H,4-6,20-22H2,1-3H3,(H,32,36). The van der Waals surface area contributed by atoms with Crippen LogP contribution >= 0.6 is 0 Å². The first-order chi connectivity index (χ1) is 19.2. The van der Waals surface area contributed by atoms with Gasteiger partial charge in [-0.1, -0.05) is 62.7 Å². The molecule has 0 aliphatic rings. The van der Waals surface area contributed by atoms with E-state index in [0.29, 0.717) is 18.7 Å². The van der Waals surface area contributed by atoms with Crippen molar-refractivity contribution < 1.29 is 27.1 Å². The summed E-state index contributed by atoms with van der Waals surface area (Å²) in [6.45, 7) is 3.59. The van der Waals surface area contributed by atoms with E-state index < -0.39 is 34.3 Å². The Morgan fingerprint density at radius 1 is 0.950 bits per heavy atom. The van der Waals surface area contributed by atoms with Crippen LogP contribution < -0.4 is 14.4 Å². The first kappa shape index (κ1) is 30.6. The third-order valence-electron chi connectivity index (χ3n) is 6.46. The molecule has 214 valence electrons. The maximum Gasteiger partial charge on any atom is 0.264 e. The zero-order valence-electron chi connectivity index (χ0n) is 23.0. The second-order valence-corrected chi connectivity index (χ2v) is 11.1. The molecule has 0 aromatic heterocycles. The van der Waals surface area contributed by atoms with Gasteiger partial charge in [0.15, 0.2) is 0 Å². The number of anilines is 1. The molecule has 0 saturated carbocycles. The smallest absolute Gasteiger partial charge is 0.264 e. The van der Waals surface area contributed by atoms with Gasteiger partial charge in [-0.25, -0.2) is 12.8 Å². The molecule has 0 saturated heterocycles. The molecule has 0 radical (unpaired) electrons. The highest BCUT2D eigenvalue weighted by molar-refractivity contribution is 7.92. The fourth-order valence-electron chi connectivity index (χ4n) is 4.24. The minimum absolute atomic E-state index is 0.0407. The number of amides is 2. The van der Waals surface area contributed by atoms with Crippen molar-refractivity contribution >= 4 is 27.5 Å². The van der Waals surface area contributed by atoms with Gasteiger partial charge in [-0.2, -0.15) is 0 Å². The lowest BCUT2D eigenvalue weighted by Gasteiger charge is -2.33. The second kappa shape index (κ2) is 14.5. The molecule has 3 rings (SSSR count). The highest BCUT2D eigenvalue weighted by Gasteiger charge is 2.34. The Hall–Kier alpha value is -3.92. The molecule has 0 aliphatic heterocycles. The number of rotatable bonds is 14. The molecule has 8 nitrogen and oxygen atoms in total. The number of nitrogens with zero attached hydrogens (tertiary/aromatic N) is 2. The van der Waals surface area contributed by atoms with Crippen LogP contribution in [-0.4, -0.2) is 51.4 Å². The van der Waals surface area contributed by atoms with Gasteiger partial charge in [0, 0.05) is 13.1 Å². The highest BCUT2D eigenvalue weighted by Crippen LogP contribution is 2.27. The number of carbonyl (C=O) groups excluding carboxylic acids is 2. The highest BCUT2D eigenvalue weighted by atomic mass is 32.2. The van der Waals surface area contributed by atoms with Gasteiger partial charge in [-0.05, 0) is 54.8 Å². The summed E-state index contributed by atoms with van der Waals surface area (Å²) in [4.78, 5) is 28.4. The topological polar surface area (TPSA) is 96.0 Å². The van der Waals surface area contributed by atoms with E-state index in [1.807, 2.05) is 6.92 Å². The molecule has 0 aliphatic carbocycles. The second-order valence-electron chi connectivity index (χ2n) is 9.21. The van der Waals surface area contributed by atoms with E-state index in [2.05, 4.69) is 5.32 Å². The van der Waals surface area contributed by atoms with Crippen molar-refractivity contribution in [1.29, 1.82) is 0 Å². The SMILES string of the molecule is CCCCNC(=O)C(CC)N(Cc1ccc(OC)cc1)C(=O)CN(c1ccccc1F)S(=O)(=O)c1ccccc1. The van der Waals surface area contributed by atoms with Crippen LogP contribution in [0.2, 0.25) is 0 Å². The number of nitrogens with one attached hydrogen (secondary N) is 1. The van der Waals surface area contributed by atoms with Crippen LogP contribution in [0.4, 0.5) is 10.1 Å². The van der Waals surface area contributed by atoms with Gasteiger partial charge in [0.2, 0.25) is 11.8 Å². The predicted molar refractivity (Wildman–Crippen MR) is 153 cm³/mol. The van der Waals surface area contributed by atoms with Gasteiger partial charge in [0.1, 0.15) is 24.2 Å². The van der Waals surface area contributed by atoms with Crippen LogP contribution in [0.1, 0.15) is 38.7 Å². The molecule has 0 spiro atoms. The molecule has 2 amide bonds. The summed E-state index contributed by atoms with van der Waals surface area (Å²) in [5.74, 6) is -1.14. The molecule has 0 fully saturated rings. The number of halogens is 1. The quantitative estimate of drug-likeness (QED) is 0.283. The molecule has 3 aromatic carbocycles. The fraction of sp³-hybridized carbons (Fsp3) is 0.333. The Kier molecular flexibility index (Phi) is 11.1. The van der Waals surface area contributed by atoms with E-state index in [1.165, 1.54) is 35.2 Å². The zero-order valence-corrected chi connectivity index (χ0v) is 23.9. The van der Waals surface area contributed by atoms with E-state index in [4.69, 9.17) is 4.74 Å². The average Bonchev–Trinajstić information content (AvgIpc) is 2.97. The van der Waals surface area contributed by atoms with Crippen molar-refractivity contribution in [2.75, 3.05) is 24.5 Å². The average molecular weight is 570 g/mol. The minimum Gasteiger partial charge on any atom is -0.497 e. The Balaban J connectivity index is 2.03. The van der Waals surface area contributed by atoms with E-state index in [9.17, 15) is 22.4 Å². The van der Waals surface area contributed by atoms with E-state index >= 15 is 0 Å². The number of sulfonamides is 1. The van der Waals surface area contributed by atoms with Crippen LogP contribution in [-0.2, 0) is 26.2 Å². The summed E-state index contributed by atoms with van der Waals surface area (Å²) in [5.41, 5.74) is 0.460. The fourth-order valence-corrected chi connectivity index (χ4v) is 5.68. The molecule has 0 bridgehead atoms. The van der Waals surface area contributed by atoms with Crippen LogP contribution in [0.15, 0.2) is 83.8 Å². The van der Waals surface area contributed by atoms with Crippen LogP contribution in [0.25, 0.3) is 0 Å². The van der Waals surface area contributed by atoms with Crippen LogP contribution in [0, 0.1) is 5.82 Å². The third kappa shape index (κ3) is 7.59. The normalized spacial score (nSPS) is 11.9. The number of unbranched alkanes of at least 4 members (excludes halogenated alkanes) is 1. The Morgan fingerprint density at radius 3 is 2.20 bits per heavy atom. The molecule has 0 heterocycles. The van der Waals surface area contributed by atoms with Gasteiger partial charge in [-0.15, -0.1) is 0 Å². The Bertz CT molecular complexity index is 1370. The molecule has 40 heavy (non-hydrogen) atoms. The molecular formula is C30H36FN3O5S. The summed E-state index contributed by atoms with van der Waals surface area (Å²) in [7, 11) is -2.78. The largest absolute Gasteiger partial charge is 0.497 e. The molecule has 3 aromatic rings. The van der Waals surface area contributed by atoms with Gasteiger partial charge >= 0.3 is 0 Å². The van der Waals surface area contributed by atoms with E-state index in [0.717, 1.165) is 28.8 Å². The maximum absolute atomic E-state index is 15.0. The number of ether oxygens (including phenoxy) is 1. The number of benzene rings is 3. The van der Waals surface area contributed by atoms with Gasteiger partial charge in [0.25, 0.3) is 10.0 Å². The zero-order chi connectivity index (χ0) is 29.1. The van der Waals surface area contributed by atoms with Crippen molar-refractivity contribution in [3.8, 4) is 5.75 Å². The summed E-state index contributed by atoms with van der Waals surface area (Å²) < 4.78 is 48.4. The Morgan fingerprint density at radius 2 is 1.60 bits per heavy atom. The van der Waals surface area contributed by atoms with Crippen molar-refractivity contribution in [3.63, 3.8) is 0 Å².